The third-order valence-corrected chi connectivity index (χ3v) is 7.24. The SMILES string of the molecule is C=C/C=C/[Si](C)(c1ccccc1)c1ccccc1. The molecule has 0 bridgehead atoms. The molecule has 18 heavy (non-hydrogen) atoms. The van der Waals surface area contributed by atoms with E-state index in [0.717, 1.165) is 0 Å². The quantitative estimate of drug-likeness (QED) is 0.577. The zero-order valence-corrected chi connectivity index (χ0v) is 11.7. The maximum Gasteiger partial charge on any atom is 0.138 e. The summed E-state index contributed by atoms with van der Waals surface area (Å²) in [6, 6.07) is 21.5. The van der Waals surface area contributed by atoms with Crippen molar-refractivity contribution in [1.82, 2.24) is 0 Å². The summed E-state index contributed by atoms with van der Waals surface area (Å²) in [5.74, 6) is 0. The van der Waals surface area contributed by atoms with Crippen molar-refractivity contribution < 1.29 is 0 Å². The Balaban J connectivity index is 2.55. The van der Waals surface area contributed by atoms with Crippen LogP contribution in [0.3, 0.4) is 0 Å². The lowest BCUT2D eigenvalue weighted by molar-refractivity contribution is 1.69. The average molecular weight is 250 g/mol. The van der Waals surface area contributed by atoms with E-state index < -0.39 is 8.07 Å². The largest absolute Gasteiger partial charge is 0.138 e. The number of hydrogen-bond donors (Lipinski definition) is 0. The van der Waals surface area contributed by atoms with Gasteiger partial charge in [0.25, 0.3) is 0 Å². The van der Waals surface area contributed by atoms with Crippen LogP contribution in [0.2, 0.25) is 6.55 Å². The molecule has 0 saturated heterocycles. The molecule has 1 heteroatoms. The molecule has 0 spiro atoms. The molecule has 0 N–H and O–H groups in total. The fraction of sp³-hybridized carbons (Fsp3) is 0.0588. The highest BCUT2D eigenvalue weighted by Crippen LogP contribution is 2.07. The zero-order chi connectivity index (χ0) is 12.8. The molecule has 2 rings (SSSR count). The Morgan fingerprint density at radius 1 is 0.833 bits per heavy atom. The lowest BCUT2D eigenvalue weighted by atomic mass is 10.4. The number of hydrogen-bond acceptors (Lipinski definition) is 0. The van der Waals surface area contributed by atoms with Crippen molar-refractivity contribution >= 4 is 18.4 Å². The first-order chi connectivity index (χ1) is 8.77. The fourth-order valence-corrected chi connectivity index (χ4v) is 5.20. The number of rotatable bonds is 4. The van der Waals surface area contributed by atoms with Gasteiger partial charge in [0.05, 0.1) is 0 Å². The molecule has 0 radical (unpaired) electrons. The van der Waals surface area contributed by atoms with E-state index in [1.807, 2.05) is 6.08 Å². The Bertz CT molecular complexity index is 487. The van der Waals surface area contributed by atoms with E-state index in [2.05, 4.69) is 85.6 Å². The summed E-state index contributed by atoms with van der Waals surface area (Å²) < 4.78 is 0. The van der Waals surface area contributed by atoms with Gasteiger partial charge in [-0.1, -0.05) is 102 Å². The first-order valence-electron chi connectivity index (χ1n) is 6.18. The van der Waals surface area contributed by atoms with E-state index in [9.17, 15) is 0 Å². The van der Waals surface area contributed by atoms with Gasteiger partial charge in [-0.05, 0) is 0 Å². The average Bonchev–Trinajstić information content (AvgIpc) is 2.46. The number of benzene rings is 2. The Morgan fingerprint density at radius 2 is 1.28 bits per heavy atom. The Labute approximate surface area is 110 Å². The van der Waals surface area contributed by atoms with Crippen LogP contribution in [0, 0.1) is 0 Å². The molecular weight excluding hydrogens is 232 g/mol. The second-order valence-electron chi connectivity index (χ2n) is 4.53. The van der Waals surface area contributed by atoms with Crippen LogP contribution in [-0.2, 0) is 0 Å². The lowest BCUT2D eigenvalue weighted by Crippen LogP contribution is -2.54. The summed E-state index contributed by atoms with van der Waals surface area (Å²) in [6.07, 6.45) is 3.93. The van der Waals surface area contributed by atoms with Crippen molar-refractivity contribution in [3.05, 3.63) is 85.1 Å². The second kappa shape index (κ2) is 5.65. The van der Waals surface area contributed by atoms with Crippen LogP contribution in [-0.4, -0.2) is 8.07 Å². The summed E-state index contributed by atoms with van der Waals surface area (Å²) in [4.78, 5) is 0. The zero-order valence-electron chi connectivity index (χ0n) is 10.7. The molecule has 0 unspecified atom stereocenters. The van der Waals surface area contributed by atoms with Crippen LogP contribution < -0.4 is 10.4 Å². The smallest absolute Gasteiger partial charge is 0.0991 e. The summed E-state index contributed by atoms with van der Waals surface area (Å²) in [5, 5.41) is 2.85. The fourth-order valence-electron chi connectivity index (χ4n) is 2.19. The third-order valence-electron chi connectivity index (χ3n) is 3.31. The van der Waals surface area contributed by atoms with Gasteiger partial charge in [0, 0.05) is 0 Å². The molecule has 0 aliphatic heterocycles. The van der Waals surface area contributed by atoms with Crippen molar-refractivity contribution in [3.63, 3.8) is 0 Å². The monoisotopic (exact) mass is 250 g/mol. The van der Waals surface area contributed by atoms with Gasteiger partial charge < -0.3 is 0 Å². The van der Waals surface area contributed by atoms with Crippen molar-refractivity contribution in [3.8, 4) is 0 Å². The molecule has 0 aliphatic rings. The van der Waals surface area contributed by atoms with Gasteiger partial charge in [0.2, 0.25) is 0 Å². The van der Waals surface area contributed by atoms with Crippen LogP contribution in [0.1, 0.15) is 0 Å². The highest BCUT2D eigenvalue weighted by atomic mass is 28.3. The van der Waals surface area contributed by atoms with Crippen molar-refractivity contribution in [1.29, 1.82) is 0 Å². The molecule has 0 amide bonds. The molecule has 0 aromatic heterocycles. The van der Waals surface area contributed by atoms with Gasteiger partial charge in [-0.2, -0.15) is 0 Å². The van der Waals surface area contributed by atoms with Crippen LogP contribution in [0.15, 0.2) is 85.1 Å². The minimum absolute atomic E-state index is 1.43. The van der Waals surface area contributed by atoms with Gasteiger partial charge in [0.15, 0.2) is 0 Å². The van der Waals surface area contributed by atoms with Gasteiger partial charge in [-0.25, -0.2) is 0 Å². The summed E-state index contributed by atoms with van der Waals surface area (Å²) in [5.41, 5.74) is 2.34. The van der Waals surface area contributed by atoms with Crippen LogP contribution in [0.25, 0.3) is 0 Å². The molecule has 90 valence electrons. The lowest BCUT2D eigenvalue weighted by Gasteiger charge is -2.25. The van der Waals surface area contributed by atoms with E-state index in [-0.39, 0.29) is 0 Å². The first kappa shape index (κ1) is 12.6. The van der Waals surface area contributed by atoms with Crippen LogP contribution in [0.5, 0.6) is 0 Å². The van der Waals surface area contributed by atoms with E-state index in [1.54, 1.807) is 0 Å². The molecule has 0 atom stereocenters. The summed E-state index contributed by atoms with van der Waals surface area (Å²) in [6.45, 7) is 6.16. The van der Waals surface area contributed by atoms with Crippen molar-refractivity contribution in [2.24, 2.45) is 0 Å². The topological polar surface area (TPSA) is 0 Å². The third kappa shape index (κ3) is 2.52. The van der Waals surface area contributed by atoms with Gasteiger partial charge in [0.1, 0.15) is 8.07 Å². The van der Waals surface area contributed by atoms with E-state index >= 15 is 0 Å². The maximum atomic E-state index is 3.79. The van der Waals surface area contributed by atoms with E-state index in [1.165, 1.54) is 10.4 Å². The highest BCUT2D eigenvalue weighted by molar-refractivity contribution is 7.05. The molecule has 2 aromatic carbocycles. The van der Waals surface area contributed by atoms with Gasteiger partial charge >= 0.3 is 0 Å². The molecular formula is C17H18Si. The van der Waals surface area contributed by atoms with Crippen LogP contribution in [0.4, 0.5) is 0 Å². The molecule has 0 fully saturated rings. The van der Waals surface area contributed by atoms with Gasteiger partial charge in [-0.3, -0.25) is 0 Å². The Hall–Kier alpha value is -1.86. The van der Waals surface area contributed by atoms with E-state index in [0.29, 0.717) is 0 Å². The Kier molecular flexibility index (Phi) is 3.95. The van der Waals surface area contributed by atoms with Gasteiger partial charge in [-0.15, -0.1) is 0 Å². The molecule has 0 heterocycles. The molecule has 2 aromatic rings. The molecule has 0 aliphatic carbocycles. The minimum Gasteiger partial charge on any atom is -0.0991 e. The molecule has 0 saturated carbocycles. The number of allylic oxidation sites excluding steroid dienone is 2. The maximum absolute atomic E-state index is 3.79. The van der Waals surface area contributed by atoms with Crippen molar-refractivity contribution in [2.45, 2.75) is 6.55 Å². The second-order valence-corrected chi connectivity index (χ2v) is 8.42. The summed E-state index contributed by atoms with van der Waals surface area (Å²) in [7, 11) is -1.77. The standard InChI is InChI=1S/C17H18Si/c1-3-4-15-18(2,16-11-7-5-8-12-16)17-13-9-6-10-14-17/h3-15H,1H2,2H3/b15-4+. The predicted molar refractivity (Wildman–Crippen MR) is 83.1 cm³/mol. The van der Waals surface area contributed by atoms with E-state index in [4.69, 9.17) is 0 Å². The first-order valence-corrected chi connectivity index (χ1v) is 8.76. The predicted octanol–water partition coefficient (Wildman–Crippen LogP) is 3.16. The summed E-state index contributed by atoms with van der Waals surface area (Å²) >= 11 is 0. The van der Waals surface area contributed by atoms with Crippen molar-refractivity contribution in [2.75, 3.05) is 0 Å². The highest BCUT2D eigenvalue weighted by Gasteiger charge is 2.28. The minimum atomic E-state index is -1.77. The van der Waals surface area contributed by atoms with Crippen LogP contribution >= 0.6 is 0 Å². The normalized spacial score (nSPS) is 11.6. The Morgan fingerprint density at radius 3 is 1.67 bits per heavy atom. The molecule has 0 nitrogen and oxygen atoms in total.